The fraction of sp³-hybridized carbons (Fsp3) is 0.500. The predicted molar refractivity (Wildman–Crippen MR) is 78.9 cm³/mol. The average molecular weight is 285 g/mol. The number of carbonyl (C=O) groups excluding carboxylic acids is 1. The maximum Gasteiger partial charge on any atom is 0.219 e. The maximum absolute atomic E-state index is 11.2. The summed E-state index contributed by atoms with van der Waals surface area (Å²) in [7, 11) is 0. The standard InChI is InChI=1S/C12H15ClN2O2.C2H6/c1-9(16)14-4-6-15(7-5-14)10-2-3-12(17)11(13)8-10;1-2/h2-3,8,17H,4-7H2,1H3;1-2H3. The Morgan fingerprint density at radius 3 is 2.26 bits per heavy atom. The first-order valence-electron chi connectivity index (χ1n) is 6.57. The van der Waals surface area contributed by atoms with Crippen LogP contribution in [0.2, 0.25) is 5.02 Å². The van der Waals surface area contributed by atoms with Gasteiger partial charge in [0.15, 0.2) is 0 Å². The molecule has 2 rings (SSSR count). The molecule has 0 aromatic heterocycles. The molecule has 4 nitrogen and oxygen atoms in total. The molecule has 1 saturated heterocycles. The van der Waals surface area contributed by atoms with Crippen LogP contribution >= 0.6 is 11.6 Å². The summed E-state index contributed by atoms with van der Waals surface area (Å²) >= 11 is 5.87. The molecule has 1 aromatic carbocycles. The van der Waals surface area contributed by atoms with Gasteiger partial charge in [-0.3, -0.25) is 4.79 Å². The molecule has 106 valence electrons. The number of rotatable bonds is 1. The van der Waals surface area contributed by atoms with Crippen molar-refractivity contribution >= 4 is 23.2 Å². The van der Waals surface area contributed by atoms with Crippen LogP contribution in [0.25, 0.3) is 0 Å². The van der Waals surface area contributed by atoms with E-state index in [-0.39, 0.29) is 11.7 Å². The van der Waals surface area contributed by atoms with Crippen LogP contribution in [0.5, 0.6) is 5.75 Å². The molecule has 1 fully saturated rings. The topological polar surface area (TPSA) is 43.8 Å². The Morgan fingerprint density at radius 2 is 1.79 bits per heavy atom. The highest BCUT2D eigenvalue weighted by atomic mass is 35.5. The van der Waals surface area contributed by atoms with Gasteiger partial charge in [0, 0.05) is 38.8 Å². The highest BCUT2D eigenvalue weighted by Crippen LogP contribution is 2.28. The van der Waals surface area contributed by atoms with Crippen LogP contribution in [0.1, 0.15) is 20.8 Å². The molecule has 1 aliphatic rings. The zero-order valence-corrected chi connectivity index (χ0v) is 12.4. The maximum atomic E-state index is 11.2. The van der Waals surface area contributed by atoms with Gasteiger partial charge < -0.3 is 14.9 Å². The molecule has 0 unspecified atom stereocenters. The number of carbonyl (C=O) groups is 1. The monoisotopic (exact) mass is 284 g/mol. The molecule has 1 aromatic rings. The highest BCUT2D eigenvalue weighted by Gasteiger charge is 2.19. The van der Waals surface area contributed by atoms with Crippen LogP contribution < -0.4 is 4.90 Å². The molecule has 0 saturated carbocycles. The van der Waals surface area contributed by atoms with E-state index in [1.165, 1.54) is 0 Å². The highest BCUT2D eigenvalue weighted by molar-refractivity contribution is 6.32. The number of aromatic hydroxyl groups is 1. The second-order valence-corrected chi connectivity index (χ2v) is 4.54. The number of hydrogen-bond donors (Lipinski definition) is 1. The average Bonchev–Trinajstić information content (AvgIpc) is 2.44. The van der Waals surface area contributed by atoms with Gasteiger partial charge in [-0.05, 0) is 18.2 Å². The van der Waals surface area contributed by atoms with Gasteiger partial charge in [-0.2, -0.15) is 0 Å². The van der Waals surface area contributed by atoms with Gasteiger partial charge >= 0.3 is 0 Å². The number of anilines is 1. The molecule has 1 amide bonds. The summed E-state index contributed by atoms with van der Waals surface area (Å²) in [5.74, 6) is 0.214. The van der Waals surface area contributed by atoms with Crippen molar-refractivity contribution in [3.8, 4) is 5.75 Å². The summed E-state index contributed by atoms with van der Waals surface area (Å²) in [5, 5.41) is 9.71. The summed E-state index contributed by atoms with van der Waals surface area (Å²) in [6.45, 7) is 8.64. The van der Waals surface area contributed by atoms with Gasteiger partial charge in [-0.25, -0.2) is 0 Å². The quantitative estimate of drug-likeness (QED) is 0.862. The first kappa shape index (κ1) is 15.6. The molecule has 0 spiro atoms. The van der Waals surface area contributed by atoms with Crippen molar-refractivity contribution in [3.63, 3.8) is 0 Å². The number of piperazine rings is 1. The minimum absolute atomic E-state index is 0.0952. The van der Waals surface area contributed by atoms with Crippen molar-refractivity contribution in [2.24, 2.45) is 0 Å². The first-order valence-corrected chi connectivity index (χ1v) is 6.94. The Labute approximate surface area is 119 Å². The summed E-state index contributed by atoms with van der Waals surface area (Å²) in [6.07, 6.45) is 0. The van der Waals surface area contributed by atoms with E-state index >= 15 is 0 Å². The predicted octanol–water partition coefficient (Wildman–Crippen LogP) is 2.74. The third-order valence-electron chi connectivity index (χ3n) is 3.02. The largest absolute Gasteiger partial charge is 0.506 e. The Hall–Kier alpha value is -1.42. The summed E-state index contributed by atoms with van der Waals surface area (Å²) in [6, 6.07) is 5.18. The molecule has 0 aliphatic carbocycles. The molecule has 1 aliphatic heterocycles. The molecule has 19 heavy (non-hydrogen) atoms. The Balaban J connectivity index is 0.000000861. The Kier molecular flexibility index (Phi) is 5.96. The van der Waals surface area contributed by atoms with Crippen LogP contribution in [0.15, 0.2) is 18.2 Å². The molecule has 5 heteroatoms. The van der Waals surface area contributed by atoms with Crippen molar-refractivity contribution in [2.75, 3.05) is 31.1 Å². The van der Waals surface area contributed by atoms with Crippen molar-refractivity contribution in [2.45, 2.75) is 20.8 Å². The van der Waals surface area contributed by atoms with E-state index in [1.807, 2.05) is 24.8 Å². The first-order chi connectivity index (χ1) is 9.08. The zero-order valence-electron chi connectivity index (χ0n) is 11.7. The van der Waals surface area contributed by atoms with Gasteiger partial charge in [0.2, 0.25) is 5.91 Å². The number of hydrogen-bond acceptors (Lipinski definition) is 3. The molecule has 0 radical (unpaired) electrons. The van der Waals surface area contributed by atoms with E-state index in [4.69, 9.17) is 11.6 Å². The molecular weight excluding hydrogens is 264 g/mol. The number of phenolic OH excluding ortho intramolecular Hbond substituents is 1. The lowest BCUT2D eigenvalue weighted by Gasteiger charge is -2.35. The second-order valence-electron chi connectivity index (χ2n) is 4.13. The minimum Gasteiger partial charge on any atom is -0.506 e. The van der Waals surface area contributed by atoms with Crippen LogP contribution in [0.4, 0.5) is 5.69 Å². The van der Waals surface area contributed by atoms with Crippen LogP contribution in [-0.2, 0) is 4.79 Å². The third-order valence-corrected chi connectivity index (χ3v) is 3.32. The van der Waals surface area contributed by atoms with E-state index in [2.05, 4.69) is 4.90 Å². The second kappa shape index (κ2) is 7.24. The number of phenols is 1. The zero-order chi connectivity index (χ0) is 14.4. The summed E-state index contributed by atoms with van der Waals surface area (Å²) in [5.41, 5.74) is 0.982. The third kappa shape index (κ3) is 4.03. The molecule has 0 atom stereocenters. The smallest absolute Gasteiger partial charge is 0.219 e. The molecule has 1 heterocycles. The van der Waals surface area contributed by atoms with Crippen LogP contribution in [0.3, 0.4) is 0 Å². The van der Waals surface area contributed by atoms with Gasteiger partial charge in [0.05, 0.1) is 5.02 Å². The van der Waals surface area contributed by atoms with Crippen molar-refractivity contribution in [3.05, 3.63) is 23.2 Å². The Bertz CT molecular complexity index is 429. The number of benzene rings is 1. The van der Waals surface area contributed by atoms with Crippen molar-refractivity contribution in [1.82, 2.24) is 4.90 Å². The lowest BCUT2D eigenvalue weighted by atomic mass is 10.2. The summed E-state index contributed by atoms with van der Waals surface area (Å²) < 4.78 is 0. The Morgan fingerprint density at radius 1 is 1.21 bits per heavy atom. The molecular formula is C14H21ClN2O2. The van der Waals surface area contributed by atoms with E-state index in [9.17, 15) is 9.90 Å². The fourth-order valence-corrected chi connectivity index (χ4v) is 2.15. The van der Waals surface area contributed by atoms with Crippen LogP contribution in [0, 0.1) is 0 Å². The summed E-state index contributed by atoms with van der Waals surface area (Å²) in [4.78, 5) is 15.2. The SMILES string of the molecule is CC.CC(=O)N1CCN(c2ccc(O)c(Cl)c2)CC1. The van der Waals surface area contributed by atoms with Crippen molar-refractivity contribution < 1.29 is 9.90 Å². The number of halogens is 1. The van der Waals surface area contributed by atoms with E-state index in [0.29, 0.717) is 5.02 Å². The minimum atomic E-state index is 0.0952. The van der Waals surface area contributed by atoms with E-state index < -0.39 is 0 Å². The normalized spacial score (nSPS) is 14.7. The van der Waals surface area contributed by atoms with Crippen molar-refractivity contribution in [1.29, 1.82) is 0 Å². The lowest BCUT2D eigenvalue weighted by Crippen LogP contribution is -2.48. The molecule has 0 bridgehead atoms. The lowest BCUT2D eigenvalue weighted by molar-refractivity contribution is -0.129. The molecule has 1 N–H and O–H groups in total. The van der Waals surface area contributed by atoms with Gasteiger partial charge in [0.25, 0.3) is 0 Å². The van der Waals surface area contributed by atoms with E-state index in [1.54, 1.807) is 19.1 Å². The van der Waals surface area contributed by atoms with Gasteiger partial charge in [-0.15, -0.1) is 0 Å². The van der Waals surface area contributed by atoms with Crippen LogP contribution in [-0.4, -0.2) is 42.1 Å². The van der Waals surface area contributed by atoms with Gasteiger partial charge in [-0.1, -0.05) is 25.4 Å². The number of amides is 1. The van der Waals surface area contributed by atoms with Gasteiger partial charge in [0.1, 0.15) is 5.75 Å². The number of nitrogens with zero attached hydrogens (tertiary/aromatic N) is 2. The fourth-order valence-electron chi connectivity index (χ4n) is 1.97. The van der Waals surface area contributed by atoms with E-state index in [0.717, 1.165) is 31.9 Å².